The number of Topliss-reactive ketones (excluding diaryl/α,β-unsaturated/α-hetero) is 1. The Bertz CT molecular complexity index is 412. The quantitative estimate of drug-likeness (QED) is 0.839. The molecule has 1 heterocycles. The first kappa shape index (κ1) is 15.7. The first-order chi connectivity index (χ1) is 8.97. The van der Waals surface area contributed by atoms with Gasteiger partial charge in [0.2, 0.25) is 0 Å². The van der Waals surface area contributed by atoms with Gasteiger partial charge in [-0.1, -0.05) is 39.0 Å². The number of hydrogen-bond acceptors (Lipinski definition) is 3. The Hall–Kier alpha value is -1.35. The second kappa shape index (κ2) is 7.29. The van der Waals surface area contributed by atoms with Gasteiger partial charge in [-0.3, -0.25) is 4.79 Å². The molecule has 1 aliphatic rings. The number of hydrogen-bond donors (Lipinski definition) is 0. The first-order valence-electron chi connectivity index (χ1n) is 6.72. The largest absolute Gasteiger partial charge is 0.482 e. The predicted octanol–water partition coefficient (Wildman–Crippen LogP) is 3.43. The van der Waals surface area contributed by atoms with Crippen molar-refractivity contribution in [1.82, 2.24) is 0 Å². The highest BCUT2D eigenvalue weighted by Crippen LogP contribution is 2.37. The summed E-state index contributed by atoms with van der Waals surface area (Å²) < 4.78 is 10.3. The summed E-state index contributed by atoms with van der Waals surface area (Å²) >= 11 is 0. The van der Waals surface area contributed by atoms with Crippen molar-refractivity contribution in [2.75, 3.05) is 13.7 Å². The van der Waals surface area contributed by atoms with Crippen molar-refractivity contribution in [3.05, 3.63) is 29.8 Å². The first-order valence-corrected chi connectivity index (χ1v) is 6.72. The van der Waals surface area contributed by atoms with E-state index >= 15 is 0 Å². The van der Waals surface area contributed by atoms with Gasteiger partial charge >= 0.3 is 0 Å². The highest BCUT2D eigenvalue weighted by molar-refractivity contribution is 5.83. The summed E-state index contributed by atoms with van der Waals surface area (Å²) in [5.41, 5.74) is 1.14. The molecule has 0 radical (unpaired) electrons. The van der Waals surface area contributed by atoms with Crippen LogP contribution < -0.4 is 4.74 Å². The molecule has 2 rings (SSSR count). The third-order valence-corrected chi connectivity index (χ3v) is 3.02. The molecule has 3 heteroatoms. The number of methoxy groups -OCH3 is 1. The summed E-state index contributed by atoms with van der Waals surface area (Å²) in [6.07, 6.45) is -0.280. The summed E-state index contributed by atoms with van der Waals surface area (Å²) in [5.74, 6) is 1.82. The lowest BCUT2D eigenvalue weighted by Crippen LogP contribution is -2.25. The van der Waals surface area contributed by atoms with Crippen molar-refractivity contribution in [1.29, 1.82) is 0 Å². The van der Waals surface area contributed by atoms with Crippen molar-refractivity contribution in [2.45, 2.75) is 39.7 Å². The van der Waals surface area contributed by atoms with Crippen LogP contribution >= 0.6 is 0 Å². The smallest absolute Gasteiger partial charge is 0.170 e. The van der Waals surface area contributed by atoms with Gasteiger partial charge in [-0.2, -0.15) is 0 Å². The Morgan fingerprint density at radius 1 is 1.37 bits per heavy atom. The van der Waals surface area contributed by atoms with Crippen LogP contribution in [0.25, 0.3) is 0 Å². The fourth-order valence-corrected chi connectivity index (χ4v) is 2.13. The SMILES string of the molecule is CC(=O)C1Oc2ccccc2C1C.COCC(C)C. The van der Waals surface area contributed by atoms with Gasteiger partial charge in [0.05, 0.1) is 0 Å². The van der Waals surface area contributed by atoms with Crippen molar-refractivity contribution < 1.29 is 14.3 Å². The summed E-state index contributed by atoms with van der Waals surface area (Å²) in [6.45, 7) is 8.73. The maximum Gasteiger partial charge on any atom is 0.170 e. The van der Waals surface area contributed by atoms with Gasteiger partial charge in [0.15, 0.2) is 11.9 Å². The summed E-state index contributed by atoms with van der Waals surface area (Å²) in [6, 6.07) is 7.83. The van der Waals surface area contributed by atoms with Crippen LogP contribution in [0, 0.1) is 5.92 Å². The average molecular weight is 264 g/mol. The minimum Gasteiger partial charge on any atom is -0.482 e. The zero-order valence-electron chi connectivity index (χ0n) is 12.5. The van der Waals surface area contributed by atoms with Crippen LogP contribution in [-0.4, -0.2) is 25.6 Å². The van der Waals surface area contributed by atoms with Crippen molar-refractivity contribution in [3.63, 3.8) is 0 Å². The molecule has 0 saturated heterocycles. The lowest BCUT2D eigenvalue weighted by molar-refractivity contribution is -0.123. The molecular weight excluding hydrogens is 240 g/mol. The van der Waals surface area contributed by atoms with Crippen LogP contribution in [0.3, 0.4) is 0 Å². The van der Waals surface area contributed by atoms with Gasteiger partial charge in [0, 0.05) is 25.2 Å². The molecule has 0 spiro atoms. The number of para-hydroxylation sites is 1. The fraction of sp³-hybridized carbons (Fsp3) is 0.562. The monoisotopic (exact) mass is 264 g/mol. The molecule has 0 saturated carbocycles. The normalized spacial score (nSPS) is 20.3. The summed E-state index contributed by atoms with van der Waals surface area (Å²) in [5, 5.41) is 0. The molecule has 3 nitrogen and oxygen atoms in total. The number of fused-ring (bicyclic) bond motifs is 1. The van der Waals surface area contributed by atoms with Crippen LogP contribution in [-0.2, 0) is 9.53 Å². The van der Waals surface area contributed by atoms with E-state index in [1.54, 1.807) is 14.0 Å². The second-order valence-electron chi connectivity index (χ2n) is 5.32. The van der Waals surface area contributed by atoms with Gasteiger partial charge in [0.25, 0.3) is 0 Å². The van der Waals surface area contributed by atoms with Crippen LogP contribution in [0.15, 0.2) is 24.3 Å². The number of carbonyl (C=O) groups is 1. The zero-order chi connectivity index (χ0) is 14.4. The predicted molar refractivity (Wildman–Crippen MR) is 76.7 cm³/mol. The third-order valence-electron chi connectivity index (χ3n) is 3.02. The molecule has 0 fully saturated rings. The Labute approximate surface area is 115 Å². The van der Waals surface area contributed by atoms with Crippen LogP contribution in [0.4, 0.5) is 0 Å². The zero-order valence-corrected chi connectivity index (χ0v) is 12.5. The molecule has 0 aromatic heterocycles. The summed E-state index contributed by atoms with van der Waals surface area (Å²) in [7, 11) is 1.72. The van der Waals surface area contributed by atoms with E-state index in [1.165, 1.54) is 0 Å². The van der Waals surface area contributed by atoms with E-state index in [0.717, 1.165) is 17.9 Å². The highest BCUT2D eigenvalue weighted by Gasteiger charge is 2.33. The lowest BCUT2D eigenvalue weighted by atomic mass is 9.96. The van der Waals surface area contributed by atoms with E-state index in [0.29, 0.717) is 5.92 Å². The van der Waals surface area contributed by atoms with E-state index in [9.17, 15) is 4.79 Å². The minimum absolute atomic E-state index is 0.101. The van der Waals surface area contributed by atoms with Gasteiger partial charge < -0.3 is 9.47 Å². The van der Waals surface area contributed by atoms with E-state index < -0.39 is 0 Å². The molecule has 0 aliphatic carbocycles. The molecule has 1 aromatic carbocycles. The molecule has 19 heavy (non-hydrogen) atoms. The maximum atomic E-state index is 11.2. The molecular formula is C16H24O3. The Balaban J connectivity index is 0.000000258. The van der Waals surface area contributed by atoms with Crippen molar-refractivity contribution in [2.24, 2.45) is 5.92 Å². The number of ether oxygens (including phenoxy) is 2. The molecule has 2 unspecified atom stereocenters. The summed E-state index contributed by atoms with van der Waals surface area (Å²) in [4.78, 5) is 11.2. The number of rotatable bonds is 3. The number of benzene rings is 1. The van der Waals surface area contributed by atoms with Gasteiger partial charge in [0.1, 0.15) is 5.75 Å². The van der Waals surface area contributed by atoms with E-state index in [4.69, 9.17) is 9.47 Å². The third kappa shape index (κ3) is 4.35. The Morgan fingerprint density at radius 2 is 2.00 bits per heavy atom. The van der Waals surface area contributed by atoms with Crippen LogP contribution in [0.5, 0.6) is 5.75 Å². The fourth-order valence-electron chi connectivity index (χ4n) is 2.13. The molecule has 2 atom stereocenters. The maximum absolute atomic E-state index is 11.2. The molecule has 1 aromatic rings. The van der Waals surface area contributed by atoms with Crippen LogP contribution in [0.1, 0.15) is 39.2 Å². The van der Waals surface area contributed by atoms with Gasteiger partial charge in [-0.05, 0) is 18.9 Å². The van der Waals surface area contributed by atoms with Gasteiger partial charge in [-0.15, -0.1) is 0 Å². The van der Waals surface area contributed by atoms with E-state index in [-0.39, 0.29) is 17.8 Å². The lowest BCUT2D eigenvalue weighted by Gasteiger charge is -2.10. The minimum atomic E-state index is -0.280. The molecule has 0 amide bonds. The molecule has 1 aliphatic heterocycles. The average Bonchev–Trinajstić information content (AvgIpc) is 2.68. The van der Waals surface area contributed by atoms with E-state index in [1.807, 2.05) is 31.2 Å². The standard InChI is InChI=1S/C11H12O2.C5H12O/c1-7-9-5-3-4-6-10(9)13-11(7)8(2)12;1-5(2)4-6-3/h3-7,11H,1-2H3;5H,4H2,1-3H3. The molecule has 106 valence electrons. The highest BCUT2D eigenvalue weighted by atomic mass is 16.5. The Morgan fingerprint density at radius 3 is 2.42 bits per heavy atom. The number of carbonyl (C=O) groups excluding carboxylic acids is 1. The molecule has 0 bridgehead atoms. The van der Waals surface area contributed by atoms with E-state index in [2.05, 4.69) is 13.8 Å². The number of ketones is 1. The second-order valence-corrected chi connectivity index (χ2v) is 5.32. The van der Waals surface area contributed by atoms with Crippen molar-refractivity contribution >= 4 is 5.78 Å². The topological polar surface area (TPSA) is 35.5 Å². The molecule has 0 N–H and O–H groups in total. The van der Waals surface area contributed by atoms with Crippen LogP contribution in [0.2, 0.25) is 0 Å². The Kier molecular flexibility index (Phi) is 6.03. The van der Waals surface area contributed by atoms with Gasteiger partial charge in [-0.25, -0.2) is 0 Å². The van der Waals surface area contributed by atoms with Crippen molar-refractivity contribution in [3.8, 4) is 5.75 Å².